The number of ether oxygens (including phenoxy) is 1. The average Bonchev–Trinajstić information content (AvgIpc) is 2.47. The van der Waals surface area contributed by atoms with Crippen LogP contribution in [0.3, 0.4) is 0 Å². The van der Waals surface area contributed by atoms with E-state index in [1.54, 1.807) is 0 Å². The van der Waals surface area contributed by atoms with Crippen molar-refractivity contribution in [1.82, 2.24) is 14.9 Å². The van der Waals surface area contributed by atoms with Gasteiger partial charge in [0.25, 0.3) is 0 Å². The Labute approximate surface area is 115 Å². The molecule has 0 aromatic carbocycles. The molecule has 106 valence electrons. The summed E-state index contributed by atoms with van der Waals surface area (Å²) in [6.07, 6.45) is 1.80. The first-order valence-electron chi connectivity index (χ1n) is 7.15. The van der Waals surface area contributed by atoms with E-state index in [0.29, 0.717) is 6.61 Å². The third-order valence-electron chi connectivity index (χ3n) is 3.65. The molecule has 2 rings (SSSR count). The molecular formula is C14H24N4O. The predicted octanol–water partition coefficient (Wildman–Crippen LogP) is 1.48. The lowest BCUT2D eigenvalue weighted by atomic mass is 10.1. The van der Waals surface area contributed by atoms with Crippen LogP contribution in [0, 0.1) is 0 Å². The molecular weight excluding hydrogens is 240 g/mol. The van der Waals surface area contributed by atoms with Gasteiger partial charge in [0.05, 0.1) is 18.9 Å². The van der Waals surface area contributed by atoms with E-state index < -0.39 is 0 Å². The summed E-state index contributed by atoms with van der Waals surface area (Å²) in [5, 5.41) is 3.17. The molecule has 1 aliphatic heterocycles. The van der Waals surface area contributed by atoms with Crippen LogP contribution in [0.15, 0.2) is 0 Å². The van der Waals surface area contributed by atoms with Crippen LogP contribution < -0.4 is 5.32 Å². The van der Waals surface area contributed by atoms with E-state index in [2.05, 4.69) is 29.0 Å². The molecule has 19 heavy (non-hydrogen) atoms. The Morgan fingerprint density at radius 3 is 2.74 bits per heavy atom. The molecule has 0 aliphatic carbocycles. The minimum absolute atomic E-state index is 0.627. The Morgan fingerprint density at radius 1 is 1.26 bits per heavy atom. The second-order valence-corrected chi connectivity index (χ2v) is 4.74. The molecule has 1 aliphatic rings. The van der Waals surface area contributed by atoms with E-state index in [0.717, 1.165) is 62.0 Å². The third kappa shape index (κ3) is 3.42. The summed E-state index contributed by atoms with van der Waals surface area (Å²) >= 11 is 0. The van der Waals surface area contributed by atoms with Gasteiger partial charge in [-0.25, -0.2) is 9.97 Å². The molecule has 0 radical (unpaired) electrons. The van der Waals surface area contributed by atoms with Crippen molar-refractivity contribution in [3.63, 3.8) is 0 Å². The zero-order valence-corrected chi connectivity index (χ0v) is 12.2. The largest absolute Gasteiger partial charge is 0.376 e. The van der Waals surface area contributed by atoms with Gasteiger partial charge in [-0.3, -0.25) is 0 Å². The van der Waals surface area contributed by atoms with Crippen molar-refractivity contribution in [3.8, 4) is 0 Å². The van der Waals surface area contributed by atoms with Gasteiger partial charge < -0.3 is 15.0 Å². The summed E-state index contributed by atoms with van der Waals surface area (Å²) in [7, 11) is 1.91. The van der Waals surface area contributed by atoms with Crippen molar-refractivity contribution in [2.75, 3.05) is 38.6 Å². The molecule has 0 fully saturated rings. The number of nitrogens with zero attached hydrogens (tertiary/aromatic N) is 3. The van der Waals surface area contributed by atoms with Gasteiger partial charge in [-0.1, -0.05) is 13.8 Å². The van der Waals surface area contributed by atoms with Gasteiger partial charge in [-0.15, -0.1) is 0 Å². The topological polar surface area (TPSA) is 50.3 Å². The molecule has 0 amide bonds. The van der Waals surface area contributed by atoms with E-state index in [1.165, 1.54) is 0 Å². The Bertz CT molecular complexity index is 401. The van der Waals surface area contributed by atoms with Gasteiger partial charge in [0, 0.05) is 32.0 Å². The van der Waals surface area contributed by atoms with Crippen LogP contribution in [0.4, 0.5) is 5.82 Å². The van der Waals surface area contributed by atoms with Crippen molar-refractivity contribution in [1.29, 1.82) is 0 Å². The second kappa shape index (κ2) is 6.82. The van der Waals surface area contributed by atoms with Gasteiger partial charge in [0.15, 0.2) is 0 Å². The summed E-state index contributed by atoms with van der Waals surface area (Å²) in [4.78, 5) is 11.7. The predicted molar refractivity (Wildman–Crippen MR) is 76.4 cm³/mol. The number of anilines is 1. The van der Waals surface area contributed by atoms with Crippen molar-refractivity contribution in [2.24, 2.45) is 0 Å². The number of aromatic nitrogens is 2. The maximum Gasteiger partial charge on any atom is 0.135 e. The molecule has 5 nitrogen and oxygen atoms in total. The van der Waals surface area contributed by atoms with Gasteiger partial charge >= 0.3 is 0 Å². The van der Waals surface area contributed by atoms with Crippen LogP contribution in [0.25, 0.3) is 0 Å². The zero-order valence-electron chi connectivity index (χ0n) is 12.2. The minimum atomic E-state index is 0.627. The van der Waals surface area contributed by atoms with Crippen LogP contribution >= 0.6 is 0 Å². The van der Waals surface area contributed by atoms with Gasteiger partial charge in [0.2, 0.25) is 0 Å². The van der Waals surface area contributed by atoms with Crippen LogP contribution in [0.2, 0.25) is 0 Å². The molecule has 1 aromatic rings. The number of rotatable bonds is 6. The fraction of sp³-hybridized carbons (Fsp3) is 0.714. The van der Waals surface area contributed by atoms with Crippen LogP contribution in [-0.2, 0) is 24.2 Å². The maximum atomic E-state index is 5.48. The van der Waals surface area contributed by atoms with Gasteiger partial charge in [-0.05, 0) is 13.1 Å². The first-order valence-corrected chi connectivity index (χ1v) is 7.15. The number of hydrogen-bond donors (Lipinski definition) is 1. The van der Waals surface area contributed by atoms with Gasteiger partial charge in [-0.2, -0.15) is 0 Å². The van der Waals surface area contributed by atoms with E-state index in [1.807, 2.05) is 7.05 Å². The van der Waals surface area contributed by atoms with E-state index in [-0.39, 0.29) is 0 Å². The zero-order chi connectivity index (χ0) is 13.7. The standard InChI is InChI=1S/C14H24N4O/c1-4-18(5-2)8-6-13-16-12-7-9-19-10-11(12)14(15-3)17-13/h4-10H2,1-3H3,(H,15,16,17). The summed E-state index contributed by atoms with van der Waals surface area (Å²) in [5.41, 5.74) is 2.28. The molecule has 5 heteroatoms. The summed E-state index contributed by atoms with van der Waals surface area (Å²) in [6, 6.07) is 0. The second-order valence-electron chi connectivity index (χ2n) is 4.74. The molecule has 2 heterocycles. The minimum Gasteiger partial charge on any atom is -0.376 e. The summed E-state index contributed by atoms with van der Waals surface area (Å²) in [6.45, 7) is 8.94. The Kier molecular flexibility index (Phi) is 5.10. The van der Waals surface area contributed by atoms with E-state index >= 15 is 0 Å². The molecule has 1 aromatic heterocycles. The van der Waals surface area contributed by atoms with Crippen molar-refractivity contribution < 1.29 is 4.74 Å². The molecule has 0 saturated carbocycles. The number of likely N-dealkylation sites (N-methyl/N-ethyl adjacent to an activating group) is 1. The first-order chi connectivity index (χ1) is 9.28. The highest BCUT2D eigenvalue weighted by Gasteiger charge is 2.17. The average molecular weight is 264 g/mol. The van der Waals surface area contributed by atoms with E-state index in [4.69, 9.17) is 9.72 Å². The quantitative estimate of drug-likeness (QED) is 0.843. The lowest BCUT2D eigenvalue weighted by Gasteiger charge is -2.21. The van der Waals surface area contributed by atoms with Crippen molar-refractivity contribution >= 4 is 5.82 Å². The van der Waals surface area contributed by atoms with Crippen LogP contribution in [-0.4, -0.2) is 48.2 Å². The van der Waals surface area contributed by atoms with Crippen molar-refractivity contribution in [2.45, 2.75) is 33.3 Å². The normalized spacial score (nSPS) is 14.5. The highest BCUT2D eigenvalue weighted by atomic mass is 16.5. The summed E-state index contributed by atoms with van der Waals surface area (Å²) < 4.78 is 5.48. The Morgan fingerprint density at radius 2 is 2.05 bits per heavy atom. The van der Waals surface area contributed by atoms with Gasteiger partial charge in [0.1, 0.15) is 11.6 Å². The Balaban J connectivity index is 2.13. The smallest absolute Gasteiger partial charge is 0.135 e. The SMILES string of the molecule is CCN(CC)CCc1nc2c(c(NC)n1)COCC2. The number of nitrogens with one attached hydrogen (secondary N) is 1. The molecule has 0 spiro atoms. The molecule has 1 N–H and O–H groups in total. The summed E-state index contributed by atoms with van der Waals surface area (Å²) in [5.74, 6) is 1.87. The Hall–Kier alpha value is -1.20. The number of hydrogen-bond acceptors (Lipinski definition) is 5. The molecule has 0 bridgehead atoms. The lowest BCUT2D eigenvalue weighted by molar-refractivity contribution is 0.109. The van der Waals surface area contributed by atoms with Crippen molar-refractivity contribution in [3.05, 3.63) is 17.1 Å². The van der Waals surface area contributed by atoms with Crippen LogP contribution in [0.1, 0.15) is 30.9 Å². The highest BCUT2D eigenvalue weighted by molar-refractivity contribution is 5.46. The molecule has 0 saturated heterocycles. The fourth-order valence-electron chi connectivity index (χ4n) is 2.40. The maximum absolute atomic E-state index is 5.48. The van der Waals surface area contributed by atoms with Crippen LogP contribution in [0.5, 0.6) is 0 Å². The van der Waals surface area contributed by atoms with E-state index in [9.17, 15) is 0 Å². The monoisotopic (exact) mass is 264 g/mol. The fourth-order valence-corrected chi connectivity index (χ4v) is 2.40. The lowest BCUT2D eigenvalue weighted by Crippen LogP contribution is -2.26. The molecule has 0 unspecified atom stereocenters. The number of fused-ring (bicyclic) bond motifs is 1. The highest BCUT2D eigenvalue weighted by Crippen LogP contribution is 2.21. The first kappa shape index (κ1) is 14.2. The third-order valence-corrected chi connectivity index (χ3v) is 3.65. The molecule has 0 atom stereocenters.